The Morgan fingerprint density at radius 3 is 2.50 bits per heavy atom. The third-order valence-electron chi connectivity index (χ3n) is 3.44. The number of hydrogen-bond acceptors (Lipinski definition) is 2. The Balaban J connectivity index is 2.05. The summed E-state index contributed by atoms with van der Waals surface area (Å²) in [5.74, 6) is 0.301. The predicted molar refractivity (Wildman–Crippen MR) is 73.4 cm³/mol. The summed E-state index contributed by atoms with van der Waals surface area (Å²) in [5, 5.41) is -0.208. The van der Waals surface area contributed by atoms with Gasteiger partial charge >= 0.3 is 0 Å². The molecule has 96 valence electrons. The molecule has 0 aromatic heterocycles. The largest absolute Gasteiger partial charge is 0.332 e. The van der Waals surface area contributed by atoms with Gasteiger partial charge in [-0.1, -0.05) is 30.3 Å². The van der Waals surface area contributed by atoms with E-state index in [0.29, 0.717) is 12.5 Å². The van der Waals surface area contributed by atoms with Crippen molar-refractivity contribution in [1.82, 2.24) is 4.90 Å². The van der Waals surface area contributed by atoms with Crippen molar-refractivity contribution in [2.75, 3.05) is 6.54 Å². The zero-order valence-electron chi connectivity index (χ0n) is 10.4. The van der Waals surface area contributed by atoms with E-state index in [-0.39, 0.29) is 17.1 Å². The van der Waals surface area contributed by atoms with Crippen molar-refractivity contribution in [1.29, 1.82) is 0 Å². The van der Waals surface area contributed by atoms with Gasteiger partial charge in [0, 0.05) is 13.5 Å². The van der Waals surface area contributed by atoms with E-state index in [2.05, 4.69) is 24.8 Å². The van der Waals surface area contributed by atoms with Crippen LogP contribution in [0.4, 0.5) is 0 Å². The fourth-order valence-corrected chi connectivity index (χ4v) is 2.85. The monoisotopic (exact) mass is 263 g/mol. The summed E-state index contributed by atoms with van der Waals surface area (Å²) in [6.07, 6.45) is 1.62. The van der Waals surface area contributed by atoms with Crippen LogP contribution in [0.3, 0.4) is 0 Å². The molecule has 0 aliphatic carbocycles. The summed E-state index contributed by atoms with van der Waals surface area (Å²) in [5.41, 5.74) is 1.25. The molecule has 3 nitrogen and oxygen atoms in total. The van der Waals surface area contributed by atoms with Crippen LogP contribution in [0, 0.1) is 5.92 Å². The minimum absolute atomic E-state index is 0.0436. The highest BCUT2D eigenvalue weighted by Gasteiger charge is 2.36. The van der Waals surface area contributed by atoms with Crippen molar-refractivity contribution in [3.8, 4) is 0 Å². The van der Waals surface area contributed by atoms with Crippen LogP contribution >= 0.6 is 12.6 Å². The minimum Gasteiger partial charge on any atom is -0.332 e. The van der Waals surface area contributed by atoms with Gasteiger partial charge in [-0.3, -0.25) is 9.59 Å². The fourth-order valence-electron chi connectivity index (χ4n) is 2.60. The van der Waals surface area contributed by atoms with Gasteiger partial charge in [0.2, 0.25) is 11.0 Å². The van der Waals surface area contributed by atoms with Crippen molar-refractivity contribution in [3.63, 3.8) is 0 Å². The van der Waals surface area contributed by atoms with Crippen molar-refractivity contribution < 1.29 is 9.59 Å². The Morgan fingerprint density at radius 2 is 2.00 bits per heavy atom. The van der Waals surface area contributed by atoms with E-state index in [1.54, 1.807) is 4.90 Å². The number of thiol groups is 1. The SMILES string of the molecule is CC(=O)N1C[C@@H](Cc2ccccc2)C[C@H]1C(=O)S. The van der Waals surface area contributed by atoms with E-state index in [1.807, 2.05) is 18.2 Å². The normalized spacial score (nSPS) is 23.1. The van der Waals surface area contributed by atoms with Gasteiger partial charge in [0.1, 0.15) is 6.04 Å². The number of nitrogens with zero attached hydrogens (tertiary/aromatic N) is 1. The van der Waals surface area contributed by atoms with Crippen LogP contribution < -0.4 is 0 Å². The second-order valence-corrected chi connectivity index (χ2v) is 5.26. The Bertz CT molecular complexity index is 424. The Hall–Kier alpha value is -1.29. The average molecular weight is 263 g/mol. The first kappa shape index (κ1) is 13.1. The van der Waals surface area contributed by atoms with Gasteiger partial charge in [-0.05, 0) is 24.3 Å². The standard InChI is InChI=1S/C14H17NO2S/c1-10(16)15-9-12(8-13(15)14(17)18)7-11-5-3-2-4-6-11/h2-6,12-13H,7-9H2,1H3,(H,17,18)/t12-,13-/m0/s1. The second kappa shape index (κ2) is 5.57. The van der Waals surface area contributed by atoms with Crippen LogP contribution in [-0.4, -0.2) is 28.5 Å². The molecule has 0 bridgehead atoms. The predicted octanol–water partition coefficient (Wildman–Crippen LogP) is 1.92. The molecular formula is C14H17NO2S. The van der Waals surface area contributed by atoms with Crippen molar-refractivity contribution in [2.45, 2.75) is 25.8 Å². The molecule has 0 unspecified atom stereocenters. The summed E-state index contributed by atoms with van der Waals surface area (Å²) >= 11 is 3.88. The molecule has 1 aliphatic rings. The lowest BCUT2D eigenvalue weighted by Crippen LogP contribution is -2.37. The maximum Gasteiger partial charge on any atom is 0.220 e. The van der Waals surface area contributed by atoms with Crippen molar-refractivity contribution in [3.05, 3.63) is 35.9 Å². The summed E-state index contributed by atoms with van der Waals surface area (Å²) in [7, 11) is 0. The first-order valence-electron chi connectivity index (χ1n) is 6.12. The molecule has 1 fully saturated rings. The minimum atomic E-state index is -0.348. The lowest BCUT2D eigenvalue weighted by Gasteiger charge is -2.19. The Kier molecular flexibility index (Phi) is 4.07. The second-order valence-electron chi connectivity index (χ2n) is 4.82. The highest BCUT2D eigenvalue weighted by Crippen LogP contribution is 2.27. The first-order valence-corrected chi connectivity index (χ1v) is 6.56. The number of carbonyl (C=O) groups is 2. The summed E-state index contributed by atoms with van der Waals surface area (Å²) in [6, 6.07) is 9.81. The number of benzene rings is 1. The lowest BCUT2D eigenvalue weighted by molar-refractivity contribution is -0.133. The maximum absolute atomic E-state index is 11.5. The van der Waals surface area contributed by atoms with E-state index in [9.17, 15) is 9.59 Å². The molecular weight excluding hydrogens is 246 g/mol. The van der Waals surface area contributed by atoms with E-state index in [1.165, 1.54) is 12.5 Å². The quantitative estimate of drug-likeness (QED) is 0.846. The van der Waals surface area contributed by atoms with Crippen LogP contribution in [0.15, 0.2) is 30.3 Å². The zero-order chi connectivity index (χ0) is 13.1. The molecule has 4 heteroatoms. The first-order chi connectivity index (χ1) is 8.58. The molecule has 1 aliphatic heterocycles. The zero-order valence-corrected chi connectivity index (χ0v) is 11.3. The third kappa shape index (κ3) is 2.93. The third-order valence-corrected chi connectivity index (χ3v) is 3.74. The van der Waals surface area contributed by atoms with Gasteiger partial charge in [-0.2, -0.15) is 0 Å². The highest BCUT2D eigenvalue weighted by atomic mass is 32.1. The number of amides is 1. The molecule has 1 amide bonds. The molecule has 0 radical (unpaired) electrons. The summed E-state index contributed by atoms with van der Waals surface area (Å²) in [4.78, 5) is 24.6. The van der Waals surface area contributed by atoms with Gasteiger partial charge in [-0.25, -0.2) is 0 Å². The Morgan fingerprint density at radius 1 is 1.33 bits per heavy atom. The maximum atomic E-state index is 11.5. The van der Waals surface area contributed by atoms with Gasteiger partial charge in [0.05, 0.1) is 0 Å². The number of carbonyl (C=O) groups excluding carboxylic acids is 2. The Labute approximate surface area is 113 Å². The summed E-state index contributed by atoms with van der Waals surface area (Å²) in [6.45, 7) is 2.16. The molecule has 1 saturated heterocycles. The average Bonchev–Trinajstić information content (AvgIpc) is 2.74. The van der Waals surface area contributed by atoms with Crippen LogP contribution in [0.1, 0.15) is 18.9 Å². The van der Waals surface area contributed by atoms with Gasteiger partial charge in [0.25, 0.3) is 0 Å². The molecule has 1 aromatic carbocycles. The molecule has 2 atom stereocenters. The molecule has 1 heterocycles. The van der Waals surface area contributed by atoms with Crippen LogP contribution in [0.5, 0.6) is 0 Å². The molecule has 0 N–H and O–H groups in total. The van der Waals surface area contributed by atoms with Gasteiger partial charge < -0.3 is 4.90 Å². The molecule has 2 rings (SSSR count). The number of rotatable bonds is 3. The topological polar surface area (TPSA) is 37.4 Å². The van der Waals surface area contributed by atoms with Crippen LogP contribution in [0.25, 0.3) is 0 Å². The number of hydrogen-bond donors (Lipinski definition) is 1. The van der Waals surface area contributed by atoms with E-state index in [0.717, 1.165) is 12.8 Å². The van der Waals surface area contributed by atoms with Crippen LogP contribution in [-0.2, 0) is 16.0 Å². The lowest BCUT2D eigenvalue weighted by atomic mass is 9.97. The van der Waals surface area contributed by atoms with Crippen molar-refractivity contribution in [2.24, 2.45) is 5.92 Å². The van der Waals surface area contributed by atoms with E-state index < -0.39 is 0 Å². The molecule has 18 heavy (non-hydrogen) atoms. The smallest absolute Gasteiger partial charge is 0.220 e. The number of likely N-dealkylation sites (tertiary alicyclic amines) is 1. The fraction of sp³-hybridized carbons (Fsp3) is 0.429. The molecule has 0 spiro atoms. The van der Waals surface area contributed by atoms with E-state index >= 15 is 0 Å². The summed E-state index contributed by atoms with van der Waals surface area (Å²) < 4.78 is 0. The van der Waals surface area contributed by atoms with E-state index in [4.69, 9.17) is 0 Å². The highest BCUT2D eigenvalue weighted by molar-refractivity contribution is 7.96. The van der Waals surface area contributed by atoms with Gasteiger partial charge in [0.15, 0.2) is 0 Å². The van der Waals surface area contributed by atoms with Crippen molar-refractivity contribution >= 4 is 23.7 Å². The van der Waals surface area contributed by atoms with Crippen LogP contribution in [0.2, 0.25) is 0 Å². The molecule has 0 saturated carbocycles. The molecule has 1 aromatic rings. The van der Waals surface area contributed by atoms with Gasteiger partial charge in [-0.15, -0.1) is 12.6 Å².